The van der Waals surface area contributed by atoms with E-state index < -0.39 is 0 Å². The van der Waals surface area contributed by atoms with Crippen molar-refractivity contribution in [2.45, 2.75) is 31.6 Å². The van der Waals surface area contributed by atoms with Crippen LogP contribution in [0, 0.1) is 5.92 Å². The van der Waals surface area contributed by atoms with Crippen LogP contribution in [-0.4, -0.2) is 62.0 Å². The molecule has 0 bridgehead atoms. The lowest BCUT2D eigenvalue weighted by Gasteiger charge is -2.37. The standard InChI is InChI=1S/C21H25N7O/c29-21(27-12-6-17(7-13-27)16-4-2-1-3-5-16)18-8-10-26(11-9-18)20-15-22-14-19-23-24-25-28(19)20/h1-5,14-15,17-18H,6-13H2. The summed E-state index contributed by atoms with van der Waals surface area (Å²) in [4.78, 5) is 21.6. The van der Waals surface area contributed by atoms with Crippen molar-refractivity contribution in [2.24, 2.45) is 5.92 Å². The molecule has 1 aromatic carbocycles. The molecule has 5 rings (SSSR count). The lowest BCUT2D eigenvalue weighted by atomic mass is 9.88. The highest BCUT2D eigenvalue weighted by atomic mass is 16.2. The highest BCUT2D eigenvalue weighted by molar-refractivity contribution is 5.79. The second-order valence-electron chi connectivity index (χ2n) is 7.99. The molecule has 0 radical (unpaired) electrons. The molecular formula is C21H25N7O. The van der Waals surface area contributed by atoms with E-state index in [1.54, 1.807) is 16.9 Å². The van der Waals surface area contributed by atoms with E-state index in [0.29, 0.717) is 17.5 Å². The summed E-state index contributed by atoms with van der Waals surface area (Å²) in [6.45, 7) is 3.37. The van der Waals surface area contributed by atoms with Crippen LogP contribution in [0.3, 0.4) is 0 Å². The Morgan fingerprint density at radius 2 is 1.69 bits per heavy atom. The van der Waals surface area contributed by atoms with Gasteiger partial charge in [0.15, 0.2) is 11.5 Å². The smallest absolute Gasteiger partial charge is 0.225 e. The number of rotatable bonds is 3. The SMILES string of the molecule is O=C(C1CCN(c2cncc3nnnn23)CC1)N1CCC(c2ccccc2)CC1. The predicted octanol–water partition coefficient (Wildman–Crippen LogP) is 2.14. The summed E-state index contributed by atoms with van der Waals surface area (Å²) in [6.07, 6.45) is 7.27. The van der Waals surface area contributed by atoms with Gasteiger partial charge in [-0.25, -0.2) is 0 Å². The summed E-state index contributed by atoms with van der Waals surface area (Å²) in [6, 6.07) is 10.7. The largest absolute Gasteiger partial charge is 0.355 e. The van der Waals surface area contributed by atoms with E-state index in [2.05, 4.69) is 60.6 Å². The van der Waals surface area contributed by atoms with Crippen LogP contribution in [-0.2, 0) is 4.79 Å². The number of benzene rings is 1. The lowest BCUT2D eigenvalue weighted by Crippen LogP contribution is -2.45. The number of carbonyl (C=O) groups excluding carboxylic acids is 1. The number of piperidine rings is 2. The summed E-state index contributed by atoms with van der Waals surface area (Å²) in [7, 11) is 0. The van der Waals surface area contributed by atoms with Crippen LogP contribution < -0.4 is 4.90 Å². The lowest BCUT2D eigenvalue weighted by molar-refractivity contribution is -0.137. The van der Waals surface area contributed by atoms with Gasteiger partial charge in [0.1, 0.15) is 0 Å². The highest BCUT2D eigenvalue weighted by Crippen LogP contribution is 2.30. The maximum atomic E-state index is 13.1. The summed E-state index contributed by atoms with van der Waals surface area (Å²) in [5.41, 5.74) is 2.04. The molecule has 4 heterocycles. The number of fused-ring (bicyclic) bond motifs is 1. The van der Waals surface area contributed by atoms with E-state index in [9.17, 15) is 4.79 Å². The number of tetrazole rings is 1. The van der Waals surface area contributed by atoms with Gasteiger partial charge < -0.3 is 9.80 Å². The van der Waals surface area contributed by atoms with Crippen LogP contribution in [0.25, 0.3) is 5.65 Å². The second kappa shape index (κ2) is 7.77. The van der Waals surface area contributed by atoms with Crippen LogP contribution in [0.5, 0.6) is 0 Å². The summed E-state index contributed by atoms with van der Waals surface area (Å²) in [5.74, 6) is 1.91. The van der Waals surface area contributed by atoms with Crippen molar-refractivity contribution >= 4 is 17.4 Å². The van der Waals surface area contributed by atoms with Gasteiger partial charge in [0.2, 0.25) is 5.91 Å². The number of hydrogen-bond acceptors (Lipinski definition) is 6. The molecule has 0 spiro atoms. The second-order valence-corrected chi connectivity index (χ2v) is 7.99. The molecule has 0 saturated carbocycles. The van der Waals surface area contributed by atoms with Crippen molar-refractivity contribution in [3.8, 4) is 0 Å². The van der Waals surface area contributed by atoms with Gasteiger partial charge >= 0.3 is 0 Å². The number of anilines is 1. The number of likely N-dealkylation sites (tertiary alicyclic amines) is 1. The van der Waals surface area contributed by atoms with Crippen molar-refractivity contribution in [1.82, 2.24) is 29.9 Å². The maximum Gasteiger partial charge on any atom is 0.225 e. The van der Waals surface area contributed by atoms with Crippen LogP contribution in [0.15, 0.2) is 42.7 Å². The van der Waals surface area contributed by atoms with Crippen molar-refractivity contribution in [3.05, 3.63) is 48.3 Å². The Labute approximate surface area is 169 Å². The van der Waals surface area contributed by atoms with E-state index in [1.807, 2.05) is 0 Å². The third kappa shape index (κ3) is 3.54. The Bertz CT molecular complexity index is 973. The molecule has 150 valence electrons. The van der Waals surface area contributed by atoms with E-state index >= 15 is 0 Å². The average molecular weight is 391 g/mol. The van der Waals surface area contributed by atoms with Gasteiger partial charge in [-0.05, 0) is 47.6 Å². The minimum Gasteiger partial charge on any atom is -0.355 e. The third-order valence-electron chi connectivity index (χ3n) is 6.34. The molecule has 1 amide bonds. The van der Waals surface area contributed by atoms with Gasteiger partial charge in [0, 0.05) is 32.1 Å². The molecule has 0 atom stereocenters. The monoisotopic (exact) mass is 391 g/mol. The van der Waals surface area contributed by atoms with E-state index in [-0.39, 0.29) is 5.92 Å². The fourth-order valence-corrected chi connectivity index (χ4v) is 4.65. The van der Waals surface area contributed by atoms with Crippen molar-refractivity contribution in [2.75, 3.05) is 31.1 Å². The zero-order valence-corrected chi connectivity index (χ0v) is 16.4. The molecule has 2 fully saturated rings. The molecule has 8 nitrogen and oxygen atoms in total. The Kier molecular flexibility index (Phi) is 4.83. The molecule has 3 aromatic rings. The van der Waals surface area contributed by atoms with E-state index in [4.69, 9.17) is 0 Å². The molecule has 29 heavy (non-hydrogen) atoms. The highest BCUT2D eigenvalue weighted by Gasteiger charge is 2.31. The van der Waals surface area contributed by atoms with Crippen LogP contribution >= 0.6 is 0 Å². The quantitative estimate of drug-likeness (QED) is 0.681. The first kappa shape index (κ1) is 18.0. The molecular weight excluding hydrogens is 366 g/mol. The Morgan fingerprint density at radius 3 is 2.45 bits per heavy atom. The molecule has 2 saturated heterocycles. The first-order chi connectivity index (χ1) is 14.3. The van der Waals surface area contributed by atoms with E-state index in [0.717, 1.165) is 57.7 Å². The number of hydrogen-bond donors (Lipinski definition) is 0. The van der Waals surface area contributed by atoms with Gasteiger partial charge in [-0.15, -0.1) is 5.10 Å². The average Bonchev–Trinajstić information content (AvgIpc) is 3.29. The van der Waals surface area contributed by atoms with Crippen molar-refractivity contribution < 1.29 is 4.79 Å². The third-order valence-corrected chi connectivity index (χ3v) is 6.34. The van der Waals surface area contributed by atoms with Gasteiger partial charge in [-0.1, -0.05) is 30.3 Å². The molecule has 8 heteroatoms. The molecule has 2 aromatic heterocycles. The number of aromatic nitrogens is 5. The summed E-state index contributed by atoms with van der Waals surface area (Å²) < 4.78 is 1.71. The van der Waals surface area contributed by atoms with Crippen molar-refractivity contribution in [1.29, 1.82) is 0 Å². The van der Waals surface area contributed by atoms with Gasteiger partial charge in [-0.2, -0.15) is 4.52 Å². The number of amides is 1. The van der Waals surface area contributed by atoms with Gasteiger partial charge in [0.05, 0.1) is 12.4 Å². The maximum absolute atomic E-state index is 13.1. The zero-order valence-electron chi connectivity index (χ0n) is 16.4. The normalized spacial score (nSPS) is 19.0. The Hall–Kier alpha value is -3.03. The fourth-order valence-electron chi connectivity index (χ4n) is 4.65. The molecule has 0 N–H and O–H groups in total. The molecule has 2 aliphatic rings. The Morgan fingerprint density at radius 1 is 0.931 bits per heavy atom. The topological polar surface area (TPSA) is 79.5 Å². The van der Waals surface area contributed by atoms with Crippen LogP contribution in [0.4, 0.5) is 5.82 Å². The minimum atomic E-state index is 0.112. The summed E-state index contributed by atoms with van der Waals surface area (Å²) in [5, 5.41) is 11.7. The van der Waals surface area contributed by atoms with Crippen LogP contribution in [0.1, 0.15) is 37.2 Å². The first-order valence-electron chi connectivity index (χ1n) is 10.4. The Balaban J connectivity index is 1.17. The van der Waals surface area contributed by atoms with Crippen LogP contribution in [0.2, 0.25) is 0 Å². The fraction of sp³-hybridized carbons (Fsp3) is 0.476. The van der Waals surface area contributed by atoms with Gasteiger partial charge in [0.25, 0.3) is 0 Å². The van der Waals surface area contributed by atoms with Crippen molar-refractivity contribution in [3.63, 3.8) is 0 Å². The first-order valence-corrected chi connectivity index (χ1v) is 10.4. The zero-order chi connectivity index (χ0) is 19.6. The molecule has 0 unspecified atom stereocenters. The molecule has 2 aliphatic heterocycles. The van der Waals surface area contributed by atoms with Gasteiger partial charge in [-0.3, -0.25) is 9.78 Å². The predicted molar refractivity (Wildman–Crippen MR) is 109 cm³/mol. The number of carbonyl (C=O) groups is 1. The minimum absolute atomic E-state index is 0.112. The summed E-state index contributed by atoms with van der Waals surface area (Å²) >= 11 is 0. The number of nitrogens with zero attached hydrogens (tertiary/aromatic N) is 7. The van der Waals surface area contributed by atoms with E-state index in [1.165, 1.54) is 5.56 Å². The molecule has 0 aliphatic carbocycles.